The van der Waals surface area contributed by atoms with Gasteiger partial charge >= 0.3 is 5.97 Å². The third kappa shape index (κ3) is 2.46. The van der Waals surface area contributed by atoms with Crippen LogP contribution in [0, 0.1) is 34.5 Å². The molecule has 0 unspecified atom stereocenters. The fourth-order valence-corrected chi connectivity index (χ4v) is 9.99. The fraction of sp³-hybridized carbons (Fsp3) is 0.786. The Morgan fingerprint density at radius 1 is 1.06 bits per heavy atom. The van der Waals surface area contributed by atoms with Gasteiger partial charge < -0.3 is 24.8 Å². The van der Waals surface area contributed by atoms with E-state index in [4.69, 9.17) is 21.1 Å². The Labute approximate surface area is 216 Å². The van der Waals surface area contributed by atoms with Crippen molar-refractivity contribution in [2.45, 2.75) is 101 Å². The smallest absolute Gasteiger partial charge is 0.334 e. The molecule has 11 atom stereocenters. The highest BCUT2D eigenvalue weighted by molar-refractivity contribution is 6.27. The second-order valence-electron chi connectivity index (χ2n) is 12.9. The van der Waals surface area contributed by atoms with Crippen LogP contribution in [0.5, 0.6) is 0 Å². The Morgan fingerprint density at radius 3 is 2.39 bits per heavy atom. The van der Waals surface area contributed by atoms with Crippen LogP contribution in [0.3, 0.4) is 0 Å². The minimum Gasteiger partial charge on any atom is -0.449 e. The zero-order valence-electron chi connectivity index (χ0n) is 21.6. The van der Waals surface area contributed by atoms with Crippen LogP contribution in [-0.4, -0.2) is 55.2 Å². The molecule has 6 rings (SSSR count). The molecule has 4 aliphatic carbocycles. The van der Waals surface area contributed by atoms with Crippen molar-refractivity contribution in [2.75, 3.05) is 0 Å². The number of ether oxygens (including phenoxy) is 2. The predicted molar refractivity (Wildman–Crippen MR) is 130 cm³/mol. The number of ketones is 1. The van der Waals surface area contributed by atoms with Crippen LogP contribution < -0.4 is 0 Å². The summed E-state index contributed by atoms with van der Waals surface area (Å²) >= 11 is 7.19. The van der Waals surface area contributed by atoms with E-state index in [-0.39, 0.29) is 30.0 Å². The first-order chi connectivity index (χ1) is 16.6. The Balaban J connectivity index is 1.50. The molecule has 0 radical (unpaired) electrons. The largest absolute Gasteiger partial charge is 0.449 e. The number of aliphatic hydroxyl groups is 3. The van der Waals surface area contributed by atoms with Crippen molar-refractivity contribution in [1.29, 1.82) is 0 Å². The summed E-state index contributed by atoms with van der Waals surface area (Å²) in [5, 5.41) is 36.9. The lowest BCUT2D eigenvalue weighted by Gasteiger charge is -2.70. The Bertz CT molecular complexity index is 1130. The predicted octanol–water partition coefficient (Wildman–Crippen LogP) is 3.38. The number of halogens is 1. The second-order valence-corrected chi connectivity index (χ2v) is 13.6. The maximum Gasteiger partial charge on any atom is 0.334 e. The summed E-state index contributed by atoms with van der Waals surface area (Å²) in [6.07, 6.45) is 5.42. The lowest BCUT2D eigenvalue weighted by Crippen LogP contribution is -2.80. The lowest BCUT2D eigenvalue weighted by molar-refractivity contribution is -0.481. The molecule has 2 aliphatic heterocycles. The summed E-state index contributed by atoms with van der Waals surface area (Å²) < 4.78 is 11.9. The molecule has 8 heteroatoms. The van der Waals surface area contributed by atoms with Gasteiger partial charge in [0.05, 0.1) is 21.3 Å². The van der Waals surface area contributed by atoms with E-state index in [0.717, 1.165) is 6.42 Å². The van der Waals surface area contributed by atoms with E-state index in [1.807, 2.05) is 19.9 Å². The van der Waals surface area contributed by atoms with E-state index >= 15 is 0 Å². The maximum atomic E-state index is 13.5. The number of carbonyl (C=O) groups is 2. The van der Waals surface area contributed by atoms with Crippen molar-refractivity contribution >= 4 is 23.4 Å². The fourth-order valence-electron chi connectivity index (χ4n) is 9.55. The number of rotatable bonds is 1. The molecule has 7 nitrogen and oxygen atoms in total. The molecule has 4 fully saturated rings. The third-order valence-corrected chi connectivity index (χ3v) is 12.9. The van der Waals surface area contributed by atoms with Gasteiger partial charge in [0, 0.05) is 17.9 Å². The molecule has 0 aromatic carbocycles. The van der Waals surface area contributed by atoms with Crippen LogP contribution in [0.25, 0.3) is 0 Å². The lowest BCUT2D eigenvalue weighted by atomic mass is 9.41. The van der Waals surface area contributed by atoms with E-state index in [0.29, 0.717) is 36.8 Å². The molecule has 0 amide bonds. The van der Waals surface area contributed by atoms with Gasteiger partial charge in [0.25, 0.3) is 0 Å². The van der Waals surface area contributed by atoms with Crippen LogP contribution in [0.15, 0.2) is 23.3 Å². The van der Waals surface area contributed by atoms with Crippen LogP contribution in [-0.2, 0) is 19.1 Å². The molecule has 0 spiro atoms. The summed E-state index contributed by atoms with van der Waals surface area (Å²) in [5.41, 5.74) is -2.57. The van der Waals surface area contributed by atoms with Crippen molar-refractivity contribution in [3.05, 3.63) is 23.3 Å². The SMILES string of the molecule is CC1=C(C)[C@H]([C@@]2(O)O[C@@]3(O)C[C@H]4[C@@H](CC[C@@]5(Cl)CC=CC(=O)[C@]45C)[C@@H]4CC[C@](O)([C@H]2C)[C@]43C)OC1=O. The van der Waals surface area contributed by atoms with E-state index in [9.17, 15) is 24.9 Å². The highest BCUT2D eigenvalue weighted by Gasteiger charge is 2.82. The Kier molecular flexibility index (Phi) is 4.89. The number of allylic oxidation sites excluding steroid dienone is 2. The zero-order valence-corrected chi connectivity index (χ0v) is 22.4. The summed E-state index contributed by atoms with van der Waals surface area (Å²) in [7, 11) is 0. The number of cyclic esters (lactones) is 1. The molecular formula is C28H37ClO7. The van der Waals surface area contributed by atoms with Gasteiger partial charge in [0.2, 0.25) is 5.79 Å². The first kappa shape index (κ1) is 25.1. The van der Waals surface area contributed by atoms with E-state index in [1.165, 1.54) is 0 Å². The van der Waals surface area contributed by atoms with Crippen LogP contribution in [0.2, 0.25) is 0 Å². The summed E-state index contributed by atoms with van der Waals surface area (Å²) in [5.74, 6) is -5.90. The molecule has 3 saturated carbocycles. The van der Waals surface area contributed by atoms with E-state index < -0.39 is 50.9 Å². The molecule has 1 saturated heterocycles. The van der Waals surface area contributed by atoms with Crippen molar-refractivity contribution in [3.8, 4) is 0 Å². The average Bonchev–Trinajstić information content (AvgIpc) is 3.25. The molecule has 0 aromatic heterocycles. The number of alkyl halides is 1. The number of carbonyl (C=O) groups excluding carboxylic acids is 2. The van der Waals surface area contributed by atoms with Gasteiger partial charge in [0.1, 0.15) is 0 Å². The van der Waals surface area contributed by atoms with Gasteiger partial charge in [0.15, 0.2) is 17.7 Å². The number of fused-ring (bicyclic) bond motifs is 4. The molecule has 2 heterocycles. The maximum absolute atomic E-state index is 13.5. The monoisotopic (exact) mass is 520 g/mol. The van der Waals surface area contributed by atoms with Gasteiger partial charge in [-0.2, -0.15) is 0 Å². The third-order valence-electron chi connectivity index (χ3n) is 12.1. The van der Waals surface area contributed by atoms with E-state index in [1.54, 1.807) is 26.8 Å². The Morgan fingerprint density at radius 2 is 1.75 bits per heavy atom. The van der Waals surface area contributed by atoms with Gasteiger partial charge in [-0.25, -0.2) is 4.79 Å². The van der Waals surface area contributed by atoms with Gasteiger partial charge in [-0.05, 0) is 75.4 Å². The van der Waals surface area contributed by atoms with Crippen molar-refractivity contribution in [1.82, 2.24) is 0 Å². The molecule has 36 heavy (non-hydrogen) atoms. The van der Waals surface area contributed by atoms with Crippen molar-refractivity contribution < 1.29 is 34.4 Å². The topological polar surface area (TPSA) is 113 Å². The van der Waals surface area contributed by atoms with Gasteiger partial charge in [-0.3, -0.25) is 4.79 Å². The van der Waals surface area contributed by atoms with Crippen LogP contribution >= 0.6 is 11.6 Å². The standard InChI is InChI=1S/C28H37ClO7/c1-14-15(2)22(31)35-21(14)28(34)16(3)26(32)12-9-18-17-8-11-25(29)10-6-7-20(30)23(25,4)19(17)13-27(33,36-28)24(18,26)5/h6-7,16-19,21,32-34H,8-13H2,1-5H3/t16-,17+,18+,19+,21-,23+,24+,25+,26+,27+,28+/m1/s1. The summed E-state index contributed by atoms with van der Waals surface area (Å²) in [6, 6.07) is 0. The molecule has 3 N–H and O–H groups in total. The van der Waals surface area contributed by atoms with E-state index in [2.05, 4.69) is 0 Å². The summed E-state index contributed by atoms with van der Waals surface area (Å²) in [4.78, 5) is 25.1. The normalized spacial score (nSPS) is 57.9. The van der Waals surface area contributed by atoms with Crippen molar-refractivity contribution in [2.24, 2.45) is 34.5 Å². The average molecular weight is 521 g/mol. The second kappa shape index (κ2) is 7.03. The quantitative estimate of drug-likeness (QED) is 0.359. The highest BCUT2D eigenvalue weighted by Crippen LogP contribution is 2.75. The number of esters is 1. The minimum atomic E-state index is -2.15. The highest BCUT2D eigenvalue weighted by atomic mass is 35.5. The van der Waals surface area contributed by atoms with Crippen LogP contribution in [0.4, 0.5) is 0 Å². The molecule has 0 bridgehead atoms. The molecular weight excluding hydrogens is 484 g/mol. The zero-order chi connectivity index (χ0) is 26.3. The molecule has 198 valence electrons. The first-order valence-electron chi connectivity index (χ1n) is 13.3. The summed E-state index contributed by atoms with van der Waals surface area (Å²) in [6.45, 7) is 8.84. The minimum absolute atomic E-state index is 0.0440. The molecule has 0 aromatic rings. The van der Waals surface area contributed by atoms with Crippen molar-refractivity contribution in [3.63, 3.8) is 0 Å². The number of hydrogen-bond donors (Lipinski definition) is 3. The Hall–Kier alpha value is -1.25. The molecule has 6 aliphatic rings. The first-order valence-corrected chi connectivity index (χ1v) is 13.6. The van der Waals surface area contributed by atoms with Gasteiger partial charge in [-0.15, -0.1) is 11.6 Å². The van der Waals surface area contributed by atoms with Gasteiger partial charge in [-0.1, -0.05) is 26.8 Å². The van der Waals surface area contributed by atoms with Crippen LogP contribution in [0.1, 0.15) is 73.1 Å². The number of hydrogen-bond acceptors (Lipinski definition) is 7.